The van der Waals surface area contributed by atoms with Crippen molar-refractivity contribution in [3.63, 3.8) is 0 Å². The van der Waals surface area contributed by atoms with Crippen LogP contribution in [-0.4, -0.2) is 125 Å². The second-order valence-electron chi connectivity index (χ2n) is 23.0. The van der Waals surface area contributed by atoms with Crippen LogP contribution in [0.3, 0.4) is 0 Å². The molecule has 8 aromatic rings. The monoisotopic (exact) mass is 1120 g/mol. The Morgan fingerprint density at radius 2 is 1.72 bits per heavy atom. The standard InChI is InChI=1S/C64H70FN11O7/c1-6-49-53(65)19-18-43-26-46(77)27-50(56(43)49)57-60(58-52(31-68-57)61(74-32-44-8-7-9-45(74)29-67-44)71-64(70-58)83-48-21-24-81-25-22-48)82-35-39-10-12-42(13-11-39)54-34-76(73-72-54)59(36(2)3)63(80)75-33-47(78)28-55(75)62(79)69-38(5)40-14-16-41(17-15-40)51-30-66-23-20-37(51)4/h10-20,23,26-27,30-31,34,36,38,44-45,47-48,55,59,67,77-78H,6-9,21-22,24-25,28-29,32-33,35H2,1-5H3,(H,69,79)/t38-,44?,45?,47+,55-,59-/m0/s1. The first-order chi connectivity index (χ1) is 40.3. The zero-order valence-corrected chi connectivity index (χ0v) is 47.5. The normalized spacial score (nSPS) is 20.0. The van der Waals surface area contributed by atoms with Gasteiger partial charge in [-0.15, -0.1) is 5.10 Å². The van der Waals surface area contributed by atoms with Crippen molar-refractivity contribution < 1.29 is 38.4 Å². The molecule has 9 heterocycles. The molecule has 5 aliphatic heterocycles. The number of carbonyl (C=O) groups is 2. The molecule has 0 saturated carbocycles. The topological polar surface area (TPSA) is 215 Å². The van der Waals surface area contributed by atoms with E-state index in [9.17, 15) is 19.8 Å². The highest BCUT2D eigenvalue weighted by atomic mass is 19.1. The maximum Gasteiger partial charge on any atom is 0.319 e. The molecule has 430 valence electrons. The molecule has 0 spiro atoms. The van der Waals surface area contributed by atoms with Crippen LogP contribution in [0.15, 0.2) is 104 Å². The summed E-state index contributed by atoms with van der Waals surface area (Å²) in [6.45, 7) is 12.5. The Balaban J connectivity index is 0.822. The number of piperazine rings is 1. The molecule has 4 aromatic heterocycles. The number of nitrogens with one attached hydrogen (secondary N) is 2. The Bertz CT molecular complexity index is 3680. The highest BCUT2D eigenvalue weighted by molar-refractivity contribution is 6.04. The van der Waals surface area contributed by atoms with Crippen LogP contribution >= 0.6 is 0 Å². The van der Waals surface area contributed by atoms with Gasteiger partial charge < -0.3 is 44.9 Å². The van der Waals surface area contributed by atoms with E-state index in [0.29, 0.717) is 94.3 Å². The number of aromatic hydroxyl groups is 1. The summed E-state index contributed by atoms with van der Waals surface area (Å²) in [6, 6.07) is 22.6. The maximum atomic E-state index is 15.8. The number of aliphatic hydroxyl groups excluding tert-OH is 1. The number of hydrogen-bond acceptors (Lipinski definition) is 15. The average Bonchev–Trinajstić information content (AvgIpc) is 4.16. The van der Waals surface area contributed by atoms with Crippen LogP contribution in [0.25, 0.3) is 55.3 Å². The van der Waals surface area contributed by atoms with Crippen LogP contribution in [0.2, 0.25) is 0 Å². The lowest BCUT2D eigenvalue weighted by atomic mass is 9.94. The van der Waals surface area contributed by atoms with E-state index in [0.717, 1.165) is 65.7 Å². The van der Waals surface area contributed by atoms with E-state index in [1.165, 1.54) is 11.0 Å². The molecule has 0 radical (unpaired) electrons. The van der Waals surface area contributed by atoms with Crippen molar-refractivity contribution in [3.8, 4) is 51.2 Å². The molecule has 13 rings (SSSR count). The molecule has 19 heteroatoms. The number of aromatic nitrogens is 7. The van der Waals surface area contributed by atoms with Crippen LogP contribution in [0.1, 0.15) is 101 Å². The molecule has 4 N–H and O–H groups in total. The van der Waals surface area contributed by atoms with E-state index in [-0.39, 0.29) is 73.1 Å². The Morgan fingerprint density at radius 3 is 2.49 bits per heavy atom. The number of hydrogen-bond donors (Lipinski definition) is 4. The van der Waals surface area contributed by atoms with E-state index in [2.05, 4.69) is 30.8 Å². The zero-order chi connectivity index (χ0) is 57.5. The third-order valence-electron chi connectivity index (χ3n) is 17.0. The minimum absolute atomic E-state index is 0.00634. The minimum atomic E-state index is -0.887. The van der Waals surface area contributed by atoms with Crippen molar-refractivity contribution in [1.29, 1.82) is 0 Å². The number of anilines is 1. The molecule has 5 aliphatic rings. The van der Waals surface area contributed by atoms with Gasteiger partial charge in [-0.05, 0) is 108 Å². The van der Waals surface area contributed by atoms with E-state index in [1.54, 1.807) is 41.5 Å². The first-order valence-electron chi connectivity index (χ1n) is 29.1. The number of fused-ring (bicyclic) bond motifs is 6. The molecular formula is C64H70FN11O7. The number of rotatable bonds is 16. The lowest BCUT2D eigenvalue weighted by molar-refractivity contribution is -0.142. The van der Waals surface area contributed by atoms with Crippen molar-refractivity contribution in [3.05, 3.63) is 132 Å². The summed E-state index contributed by atoms with van der Waals surface area (Å²) in [5, 5.41) is 39.9. The van der Waals surface area contributed by atoms with Crippen molar-refractivity contribution in [2.24, 2.45) is 5.92 Å². The Morgan fingerprint density at radius 1 is 0.928 bits per heavy atom. The summed E-state index contributed by atoms with van der Waals surface area (Å²) in [7, 11) is 0. The molecular weight excluding hydrogens is 1050 g/mol. The quantitative estimate of drug-likeness (QED) is 0.0709. The van der Waals surface area contributed by atoms with Crippen molar-refractivity contribution >= 4 is 39.3 Å². The van der Waals surface area contributed by atoms with Gasteiger partial charge in [0, 0.05) is 86.3 Å². The molecule has 18 nitrogen and oxygen atoms in total. The highest BCUT2D eigenvalue weighted by Crippen LogP contribution is 2.45. The zero-order valence-electron chi connectivity index (χ0n) is 47.5. The summed E-state index contributed by atoms with van der Waals surface area (Å²) < 4.78 is 36.6. The largest absolute Gasteiger partial charge is 0.508 e. The molecule has 2 amide bonds. The van der Waals surface area contributed by atoms with Crippen LogP contribution in [0.5, 0.6) is 17.5 Å². The van der Waals surface area contributed by atoms with Crippen LogP contribution in [0, 0.1) is 18.7 Å². The van der Waals surface area contributed by atoms with Gasteiger partial charge in [0.15, 0.2) is 5.75 Å². The second kappa shape index (κ2) is 23.6. The Kier molecular flexibility index (Phi) is 15.8. The molecule has 4 aromatic carbocycles. The molecule has 5 fully saturated rings. The maximum absolute atomic E-state index is 15.8. The fourth-order valence-electron chi connectivity index (χ4n) is 12.5. The first-order valence-corrected chi connectivity index (χ1v) is 29.1. The number of nitrogens with zero attached hydrogens (tertiary/aromatic N) is 9. The van der Waals surface area contributed by atoms with Gasteiger partial charge in [-0.3, -0.25) is 19.6 Å². The summed E-state index contributed by atoms with van der Waals surface area (Å²) in [6.07, 6.45) is 11.1. The van der Waals surface area contributed by atoms with Crippen LogP contribution in [-0.2, 0) is 27.4 Å². The van der Waals surface area contributed by atoms with E-state index in [1.807, 2.05) is 95.4 Å². The molecule has 5 saturated heterocycles. The fraction of sp³-hybridized carbons (Fsp3) is 0.406. The van der Waals surface area contributed by atoms with E-state index in [4.69, 9.17) is 29.2 Å². The summed E-state index contributed by atoms with van der Waals surface area (Å²) in [4.78, 5) is 52.2. The number of likely N-dealkylation sites (tertiary alicyclic amines) is 1. The van der Waals surface area contributed by atoms with E-state index >= 15 is 4.39 Å². The number of pyridine rings is 2. The lowest BCUT2D eigenvalue weighted by Gasteiger charge is -2.39. The number of phenolic OH excluding ortho intramolecular Hbond substituents is 1. The number of ether oxygens (including phenoxy) is 3. The smallest absolute Gasteiger partial charge is 0.319 e. The number of β-amino-alcohol motifs (C(OH)–C–C–N with tert-alkyl or cyclic N) is 1. The van der Waals surface area contributed by atoms with E-state index < -0.39 is 18.2 Å². The summed E-state index contributed by atoms with van der Waals surface area (Å²) in [5.74, 6) is -0.253. The van der Waals surface area contributed by atoms with Gasteiger partial charge >= 0.3 is 6.01 Å². The number of aliphatic hydroxyl groups is 1. The van der Waals surface area contributed by atoms with Gasteiger partial charge in [0.1, 0.15) is 59.1 Å². The van der Waals surface area contributed by atoms with Crippen molar-refractivity contribution in [1.82, 2.24) is 50.5 Å². The average molecular weight is 1120 g/mol. The SMILES string of the molecule is CCc1c(F)ccc2cc(O)cc(-c3ncc4c(N5CC6CCCC5CN6)nc(OC5CCOCC5)nc4c3OCc3ccc(-c4cn([C@H](C(=O)N5C[C@H](O)C[C@H]5C(=O)N[C@@H](C)c5ccc(-c6cnccc6C)cc5)C(C)C)nn4)cc3)c12. The van der Waals surface area contributed by atoms with Crippen molar-refractivity contribution in [2.45, 2.75) is 129 Å². The summed E-state index contributed by atoms with van der Waals surface area (Å²) >= 11 is 0. The number of amides is 2. The van der Waals surface area contributed by atoms with Gasteiger partial charge in [-0.1, -0.05) is 80.6 Å². The number of aryl methyl sites for hydroxylation is 2. The number of phenols is 1. The van der Waals surface area contributed by atoms with Gasteiger partial charge in [0.2, 0.25) is 11.8 Å². The predicted octanol–water partition coefficient (Wildman–Crippen LogP) is 9.38. The highest BCUT2D eigenvalue weighted by Gasteiger charge is 2.43. The fourth-order valence-corrected chi connectivity index (χ4v) is 12.5. The third-order valence-corrected chi connectivity index (χ3v) is 17.0. The van der Waals surface area contributed by atoms with Gasteiger partial charge in [-0.2, -0.15) is 9.97 Å². The lowest BCUT2D eigenvalue weighted by Crippen LogP contribution is -2.54. The Labute approximate surface area is 481 Å². The van der Waals surface area contributed by atoms with Crippen molar-refractivity contribution in [2.75, 3.05) is 37.7 Å². The first kappa shape index (κ1) is 55.4. The molecule has 83 heavy (non-hydrogen) atoms. The number of benzene rings is 4. The number of carbonyl (C=O) groups excluding carboxylic acids is 2. The van der Waals surface area contributed by atoms with Gasteiger partial charge in [-0.25, -0.2) is 9.07 Å². The number of halogens is 1. The molecule has 2 unspecified atom stereocenters. The minimum Gasteiger partial charge on any atom is -0.508 e. The summed E-state index contributed by atoms with van der Waals surface area (Å²) in [5.41, 5.74) is 7.98. The van der Waals surface area contributed by atoms with Gasteiger partial charge in [0.05, 0.1) is 36.9 Å². The second-order valence-corrected chi connectivity index (χ2v) is 23.0. The molecule has 0 aliphatic carbocycles. The molecule has 6 atom stereocenters. The van der Waals surface area contributed by atoms with Crippen LogP contribution < -0.4 is 25.0 Å². The van der Waals surface area contributed by atoms with Crippen LogP contribution in [0.4, 0.5) is 10.2 Å². The molecule has 2 bridgehead atoms. The predicted molar refractivity (Wildman–Crippen MR) is 313 cm³/mol. The Hall–Kier alpha value is -8.13. The third kappa shape index (κ3) is 11.3. The van der Waals surface area contributed by atoms with Gasteiger partial charge in [0.25, 0.3) is 0 Å².